The maximum Gasteiger partial charge on any atom is 0.276 e. The molecule has 7 heteroatoms. The molecule has 114 valence electrons. The SMILES string of the molecule is COCn1ccc(C(=O)Nc2sc3c(c2C#N)CCCC3)n1. The molecule has 2 aromatic rings. The molecule has 6 nitrogen and oxygen atoms in total. The van der Waals surface area contributed by atoms with Crippen molar-refractivity contribution in [3.05, 3.63) is 34.0 Å². The summed E-state index contributed by atoms with van der Waals surface area (Å²) >= 11 is 1.51. The van der Waals surface area contributed by atoms with E-state index in [1.807, 2.05) is 0 Å². The topological polar surface area (TPSA) is 79.9 Å². The number of nitrogens with one attached hydrogen (secondary N) is 1. The highest BCUT2D eigenvalue weighted by molar-refractivity contribution is 7.16. The summed E-state index contributed by atoms with van der Waals surface area (Å²) in [6.45, 7) is 0.296. The first kappa shape index (κ1) is 14.8. The molecule has 3 rings (SSSR count). The van der Waals surface area contributed by atoms with E-state index in [9.17, 15) is 10.1 Å². The zero-order valence-corrected chi connectivity index (χ0v) is 13.1. The maximum absolute atomic E-state index is 12.3. The average Bonchev–Trinajstić information content (AvgIpc) is 3.11. The van der Waals surface area contributed by atoms with Gasteiger partial charge in [-0.1, -0.05) is 0 Å². The van der Waals surface area contributed by atoms with Crippen molar-refractivity contribution in [2.45, 2.75) is 32.4 Å². The molecule has 0 bridgehead atoms. The number of thiophene rings is 1. The van der Waals surface area contributed by atoms with Gasteiger partial charge in [0, 0.05) is 18.2 Å². The van der Waals surface area contributed by atoms with E-state index in [1.165, 1.54) is 16.2 Å². The van der Waals surface area contributed by atoms with Gasteiger partial charge in [-0.05, 0) is 37.3 Å². The normalized spacial score (nSPS) is 13.5. The van der Waals surface area contributed by atoms with Crippen molar-refractivity contribution in [1.82, 2.24) is 9.78 Å². The number of carbonyl (C=O) groups is 1. The Bertz CT molecular complexity index is 741. The molecule has 1 aliphatic rings. The van der Waals surface area contributed by atoms with Crippen molar-refractivity contribution in [3.63, 3.8) is 0 Å². The van der Waals surface area contributed by atoms with Crippen molar-refractivity contribution in [2.75, 3.05) is 12.4 Å². The maximum atomic E-state index is 12.3. The third kappa shape index (κ3) is 2.75. The number of aryl methyl sites for hydroxylation is 1. The standard InChI is InChI=1S/C15H16N4O2S/c1-21-9-19-7-6-12(18-19)14(20)17-15-11(8-16)10-4-2-3-5-13(10)22-15/h6-7H,2-5,9H2,1H3,(H,17,20). The van der Waals surface area contributed by atoms with E-state index in [-0.39, 0.29) is 5.91 Å². The quantitative estimate of drug-likeness (QED) is 0.940. The summed E-state index contributed by atoms with van der Waals surface area (Å²) in [4.78, 5) is 13.5. The van der Waals surface area contributed by atoms with Crippen LogP contribution in [0.15, 0.2) is 12.3 Å². The largest absolute Gasteiger partial charge is 0.362 e. The Hall–Kier alpha value is -2.17. The number of nitriles is 1. The molecule has 0 unspecified atom stereocenters. The minimum absolute atomic E-state index is 0.296. The number of aromatic nitrogens is 2. The van der Waals surface area contributed by atoms with E-state index >= 15 is 0 Å². The Morgan fingerprint density at radius 2 is 2.36 bits per heavy atom. The fourth-order valence-electron chi connectivity index (χ4n) is 2.63. The van der Waals surface area contributed by atoms with E-state index in [4.69, 9.17) is 4.74 Å². The van der Waals surface area contributed by atoms with E-state index < -0.39 is 0 Å². The van der Waals surface area contributed by atoms with Gasteiger partial charge in [-0.2, -0.15) is 10.4 Å². The fraction of sp³-hybridized carbons (Fsp3) is 0.400. The van der Waals surface area contributed by atoms with Crippen molar-refractivity contribution in [2.24, 2.45) is 0 Å². The van der Waals surface area contributed by atoms with Crippen molar-refractivity contribution in [3.8, 4) is 6.07 Å². The molecule has 1 amide bonds. The van der Waals surface area contributed by atoms with Gasteiger partial charge in [0.1, 0.15) is 17.8 Å². The summed E-state index contributed by atoms with van der Waals surface area (Å²) in [5.74, 6) is -0.301. The third-order valence-corrected chi connectivity index (χ3v) is 4.85. The van der Waals surface area contributed by atoms with Crippen molar-refractivity contribution in [1.29, 1.82) is 5.26 Å². The highest BCUT2D eigenvalue weighted by atomic mass is 32.1. The smallest absolute Gasteiger partial charge is 0.276 e. The minimum Gasteiger partial charge on any atom is -0.362 e. The van der Waals surface area contributed by atoms with Crippen LogP contribution in [0.4, 0.5) is 5.00 Å². The molecular weight excluding hydrogens is 300 g/mol. The van der Waals surface area contributed by atoms with Crippen molar-refractivity contribution >= 4 is 22.2 Å². The van der Waals surface area contributed by atoms with Crippen LogP contribution in [0.5, 0.6) is 0 Å². The number of amides is 1. The number of rotatable bonds is 4. The van der Waals surface area contributed by atoms with Crippen LogP contribution < -0.4 is 5.32 Å². The number of hydrogen-bond donors (Lipinski definition) is 1. The van der Waals surface area contributed by atoms with Gasteiger partial charge >= 0.3 is 0 Å². The summed E-state index contributed by atoms with van der Waals surface area (Å²) in [7, 11) is 1.57. The lowest BCUT2D eigenvalue weighted by Gasteiger charge is -2.09. The molecule has 0 spiro atoms. The minimum atomic E-state index is -0.301. The van der Waals surface area contributed by atoms with Gasteiger partial charge < -0.3 is 10.1 Å². The number of fused-ring (bicyclic) bond motifs is 1. The molecule has 2 aromatic heterocycles. The van der Waals surface area contributed by atoms with Crippen LogP contribution in [-0.4, -0.2) is 22.8 Å². The number of anilines is 1. The summed E-state index contributed by atoms with van der Waals surface area (Å²) in [5.41, 5.74) is 2.04. The molecule has 0 fully saturated rings. The highest BCUT2D eigenvalue weighted by Gasteiger charge is 2.22. The number of nitrogens with zero attached hydrogens (tertiary/aromatic N) is 3. The number of ether oxygens (including phenoxy) is 1. The van der Waals surface area contributed by atoms with E-state index in [2.05, 4.69) is 16.5 Å². The van der Waals surface area contributed by atoms with Crippen LogP contribution in [0.2, 0.25) is 0 Å². The summed E-state index contributed by atoms with van der Waals surface area (Å²) in [5, 5.41) is 17.0. The molecule has 0 radical (unpaired) electrons. The van der Waals surface area contributed by atoms with Gasteiger partial charge in [0.05, 0.1) is 5.56 Å². The first-order valence-corrected chi connectivity index (χ1v) is 7.93. The number of methoxy groups -OCH3 is 1. The lowest BCUT2D eigenvalue weighted by atomic mass is 9.96. The first-order chi connectivity index (χ1) is 10.7. The van der Waals surface area contributed by atoms with Crippen LogP contribution in [0.1, 0.15) is 39.3 Å². The van der Waals surface area contributed by atoms with E-state index in [1.54, 1.807) is 24.1 Å². The molecule has 0 atom stereocenters. The van der Waals surface area contributed by atoms with Crippen LogP contribution in [0.25, 0.3) is 0 Å². The molecule has 0 aliphatic heterocycles. The van der Waals surface area contributed by atoms with Crippen LogP contribution >= 0.6 is 11.3 Å². The predicted octanol–water partition coefficient (Wildman–Crippen LogP) is 2.55. The second-order valence-corrected chi connectivity index (χ2v) is 6.24. The lowest BCUT2D eigenvalue weighted by Crippen LogP contribution is -2.13. The molecule has 0 saturated carbocycles. The molecule has 1 aliphatic carbocycles. The van der Waals surface area contributed by atoms with Gasteiger partial charge in [-0.15, -0.1) is 11.3 Å². The Balaban J connectivity index is 1.81. The summed E-state index contributed by atoms with van der Waals surface area (Å²) < 4.78 is 6.50. The second kappa shape index (κ2) is 6.30. The molecule has 2 heterocycles. The Labute approximate surface area is 132 Å². The fourth-order valence-corrected chi connectivity index (χ4v) is 3.86. The summed E-state index contributed by atoms with van der Waals surface area (Å²) in [6.07, 6.45) is 5.85. The highest BCUT2D eigenvalue weighted by Crippen LogP contribution is 2.37. The molecule has 22 heavy (non-hydrogen) atoms. The van der Waals surface area contributed by atoms with E-state index in [0.29, 0.717) is 23.0 Å². The zero-order chi connectivity index (χ0) is 15.5. The van der Waals surface area contributed by atoms with E-state index in [0.717, 1.165) is 31.2 Å². The Morgan fingerprint density at radius 3 is 3.14 bits per heavy atom. The van der Waals surface area contributed by atoms with Crippen molar-refractivity contribution < 1.29 is 9.53 Å². The van der Waals surface area contributed by atoms with Gasteiger partial charge in [0.2, 0.25) is 0 Å². The monoisotopic (exact) mass is 316 g/mol. The predicted molar refractivity (Wildman–Crippen MR) is 82.9 cm³/mol. The third-order valence-electron chi connectivity index (χ3n) is 3.64. The molecule has 0 saturated heterocycles. The molecule has 0 aromatic carbocycles. The zero-order valence-electron chi connectivity index (χ0n) is 12.3. The molecular formula is C15H16N4O2S. The Kier molecular flexibility index (Phi) is 4.22. The van der Waals surface area contributed by atoms with Gasteiger partial charge in [-0.25, -0.2) is 4.68 Å². The van der Waals surface area contributed by atoms with Crippen LogP contribution in [0.3, 0.4) is 0 Å². The van der Waals surface area contributed by atoms with Crippen LogP contribution in [0, 0.1) is 11.3 Å². The average molecular weight is 316 g/mol. The van der Waals surface area contributed by atoms with Gasteiger partial charge in [-0.3, -0.25) is 4.79 Å². The number of hydrogen-bond acceptors (Lipinski definition) is 5. The first-order valence-electron chi connectivity index (χ1n) is 7.11. The number of carbonyl (C=O) groups excluding carboxylic acids is 1. The molecule has 1 N–H and O–H groups in total. The summed E-state index contributed by atoms with van der Waals surface area (Å²) in [6, 6.07) is 3.87. The van der Waals surface area contributed by atoms with Crippen LogP contribution in [-0.2, 0) is 24.3 Å². The second-order valence-electron chi connectivity index (χ2n) is 5.14. The van der Waals surface area contributed by atoms with Gasteiger partial charge in [0.25, 0.3) is 5.91 Å². The lowest BCUT2D eigenvalue weighted by molar-refractivity contribution is 0.101. The van der Waals surface area contributed by atoms with Gasteiger partial charge in [0.15, 0.2) is 5.69 Å². The Morgan fingerprint density at radius 1 is 1.55 bits per heavy atom.